The molecule has 4 nitrogen and oxygen atoms in total. The molecule has 0 spiro atoms. The number of rotatable bonds is 4. The highest BCUT2D eigenvalue weighted by Gasteiger charge is 2.34. The van der Waals surface area contributed by atoms with Crippen molar-refractivity contribution in [2.45, 2.75) is 25.6 Å². The van der Waals surface area contributed by atoms with E-state index >= 15 is 0 Å². The van der Waals surface area contributed by atoms with Gasteiger partial charge in [0.2, 0.25) is 5.91 Å². The van der Waals surface area contributed by atoms with Gasteiger partial charge in [-0.05, 0) is 6.42 Å². The highest BCUT2D eigenvalue weighted by molar-refractivity contribution is 7.09. The van der Waals surface area contributed by atoms with E-state index in [9.17, 15) is 18.0 Å². The van der Waals surface area contributed by atoms with E-state index in [1.54, 1.807) is 6.92 Å². The normalized spacial score (nSPS) is 13.5. The van der Waals surface area contributed by atoms with Gasteiger partial charge in [-0.2, -0.15) is 13.2 Å². The number of hydrogen-bond acceptors (Lipinski definition) is 4. The molecule has 0 aliphatic rings. The minimum atomic E-state index is -4.45. The fourth-order valence-electron chi connectivity index (χ4n) is 1.17. The lowest BCUT2D eigenvalue weighted by Gasteiger charge is -2.13. The summed E-state index contributed by atoms with van der Waals surface area (Å²) < 4.78 is 37.0. The van der Waals surface area contributed by atoms with Gasteiger partial charge in [-0.3, -0.25) is 4.79 Å². The van der Waals surface area contributed by atoms with E-state index in [0.717, 1.165) is 16.7 Å². The first kappa shape index (κ1) is 13.9. The Kier molecular flexibility index (Phi) is 4.47. The summed E-state index contributed by atoms with van der Waals surface area (Å²) in [6.45, 7) is 1.55. The Bertz CT molecular complexity index is 391. The third kappa shape index (κ3) is 3.67. The van der Waals surface area contributed by atoms with E-state index in [-0.39, 0.29) is 11.6 Å². The van der Waals surface area contributed by atoms with Crippen LogP contribution in [0.15, 0.2) is 5.38 Å². The first-order chi connectivity index (χ1) is 7.88. The summed E-state index contributed by atoms with van der Waals surface area (Å²) >= 11 is 0.875. The summed E-state index contributed by atoms with van der Waals surface area (Å²) in [5, 5.41) is 3.69. The molecule has 8 heteroatoms. The monoisotopic (exact) mass is 267 g/mol. The second kappa shape index (κ2) is 5.46. The minimum Gasteiger partial charge on any atom is -0.346 e. The Labute approximate surface area is 100 Å². The number of amides is 1. The molecule has 0 bridgehead atoms. The molecule has 0 fully saturated rings. The van der Waals surface area contributed by atoms with Gasteiger partial charge in [0.1, 0.15) is 5.01 Å². The molecule has 1 aromatic rings. The first-order valence-electron chi connectivity index (χ1n) is 4.90. The second-order valence-electron chi connectivity index (χ2n) is 3.30. The third-order valence-electron chi connectivity index (χ3n) is 2.04. The van der Waals surface area contributed by atoms with Crippen LogP contribution >= 0.6 is 11.3 Å². The molecular weight excluding hydrogens is 255 g/mol. The number of halogens is 3. The zero-order chi connectivity index (χ0) is 13.1. The molecule has 0 radical (unpaired) electrons. The van der Waals surface area contributed by atoms with Crippen molar-refractivity contribution in [1.82, 2.24) is 10.3 Å². The molecule has 0 aliphatic carbocycles. The lowest BCUT2D eigenvalue weighted by Crippen LogP contribution is -2.33. The fourth-order valence-corrected chi connectivity index (χ4v) is 2.13. The smallest absolute Gasteiger partial charge is 0.346 e. The molecule has 17 heavy (non-hydrogen) atoms. The van der Waals surface area contributed by atoms with E-state index in [4.69, 9.17) is 5.73 Å². The van der Waals surface area contributed by atoms with Gasteiger partial charge in [0.05, 0.1) is 12.6 Å². The van der Waals surface area contributed by atoms with Gasteiger partial charge in [0, 0.05) is 5.38 Å². The molecular formula is C9H12F3N3OS. The van der Waals surface area contributed by atoms with Crippen LogP contribution in [0.4, 0.5) is 13.2 Å². The summed E-state index contributed by atoms with van der Waals surface area (Å²) in [6, 6.07) is -0.521. The minimum absolute atomic E-state index is 0.200. The topological polar surface area (TPSA) is 68.0 Å². The van der Waals surface area contributed by atoms with Crippen molar-refractivity contribution in [3.8, 4) is 0 Å². The Balaban J connectivity index is 2.83. The third-order valence-corrected chi connectivity index (χ3v) is 3.00. The Hall–Kier alpha value is -1.15. The second-order valence-corrected chi connectivity index (χ2v) is 4.19. The van der Waals surface area contributed by atoms with Crippen molar-refractivity contribution in [1.29, 1.82) is 0 Å². The molecule has 0 saturated carbocycles. The van der Waals surface area contributed by atoms with Crippen molar-refractivity contribution in [3.63, 3.8) is 0 Å². The van der Waals surface area contributed by atoms with Crippen LogP contribution < -0.4 is 11.1 Å². The summed E-state index contributed by atoms with van der Waals surface area (Å²) in [5.41, 5.74) is 4.19. The number of carbonyl (C=O) groups excluding carboxylic acids is 1. The SMILES string of the molecule is CCC(NC(=O)CN)c1nc(C(F)(F)F)cs1. The van der Waals surface area contributed by atoms with Crippen molar-refractivity contribution in [2.75, 3.05) is 6.54 Å². The van der Waals surface area contributed by atoms with E-state index < -0.39 is 23.8 Å². The number of hydrogen-bond donors (Lipinski definition) is 2. The summed E-state index contributed by atoms with van der Waals surface area (Å²) in [6.07, 6.45) is -4.00. The van der Waals surface area contributed by atoms with Gasteiger partial charge in [-0.25, -0.2) is 4.98 Å². The van der Waals surface area contributed by atoms with Crippen LogP contribution in [0.3, 0.4) is 0 Å². The number of alkyl halides is 3. The number of aromatic nitrogens is 1. The van der Waals surface area contributed by atoms with Crippen LogP contribution in [0.25, 0.3) is 0 Å². The predicted molar refractivity (Wildman–Crippen MR) is 57.3 cm³/mol. The number of thiazole rings is 1. The summed E-state index contributed by atoms with van der Waals surface area (Å²) in [4.78, 5) is 14.6. The average molecular weight is 267 g/mol. The molecule has 1 amide bonds. The standard InChI is InChI=1S/C9H12F3N3OS/c1-2-5(14-7(16)3-13)8-15-6(4-17-8)9(10,11)12/h4-5H,2-3,13H2,1H3,(H,14,16). The van der Waals surface area contributed by atoms with Crippen LogP contribution in [-0.2, 0) is 11.0 Å². The lowest BCUT2D eigenvalue weighted by atomic mass is 10.2. The highest BCUT2D eigenvalue weighted by atomic mass is 32.1. The molecule has 0 saturated heterocycles. The lowest BCUT2D eigenvalue weighted by molar-refractivity contribution is -0.140. The van der Waals surface area contributed by atoms with Crippen molar-refractivity contribution < 1.29 is 18.0 Å². The maximum absolute atomic E-state index is 12.3. The molecule has 3 N–H and O–H groups in total. The molecule has 1 heterocycles. The molecule has 1 atom stereocenters. The molecule has 0 aromatic carbocycles. The van der Waals surface area contributed by atoms with Crippen molar-refractivity contribution in [2.24, 2.45) is 5.73 Å². The average Bonchev–Trinajstić information content (AvgIpc) is 2.74. The van der Waals surface area contributed by atoms with E-state index in [1.165, 1.54) is 0 Å². The molecule has 96 valence electrons. The Morgan fingerprint density at radius 3 is 2.71 bits per heavy atom. The Morgan fingerprint density at radius 2 is 2.29 bits per heavy atom. The van der Waals surface area contributed by atoms with Gasteiger partial charge in [0.25, 0.3) is 0 Å². The zero-order valence-electron chi connectivity index (χ0n) is 9.04. The van der Waals surface area contributed by atoms with Gasteiger partial charge < -0.3 is 11.1 Å². The number of nitrogens with zero attached hydrogens (tertiary/aromatic N) is 1. The molecule has 1 aromatic heterocycles. The van der Waals surface area contributed by atoms with Crippen LogP contribution in [0, 0.1) is 0 Å². The summed E-state index contributed by atoms with van der Waals surface area (Å²) in [5.74, 6) is -0.416. The van der Waals surface area contributed by atoms with Gasteiger partial charge in [0.15, 0.2) is 5.69 Å². The largest absolute Gasteiger partial charge is 0.434 e. The van der Waals surface area contributed by atoms with Crippen LogP contribution in [-0.4, -0.2) is 17.4 Å². The number of nitrogens with two attached hydrogens (primary N) is 1. The quantitative estimate of drug-likeness (QED) is 0.872. The maximum Gasteiger partial charge on any atom is 0.434 e. The first-order valence-corrected chi connectivity index (χ1v) is 5.78. The maximum atomic E-state index is 12.3. The zero-order valence-corrected chi connectivity index (χ0v) is 9.86. The van der Waals surface area contributed by atoms with Crippen molar-refractivity contribution in [3.05, 3.63) is 16.1 Å². The van der Waals surface area contributed by atoms with E-state index in [2.05, 4.69) is 10.3 Å². The molecule has 1 unspecified atom stereocenters. The van der Waals surface area contributed by atoms with E-state index in [1.807, 2.05) is 0 Å². The number of carbonyl (C=O) groups is 1. The van der Waals surface area contributed by atoms with Crippen LogP contribution in [0.1, 0.15) is 30.1 Å². The van der Waals surface area contributed by atoms with Crippen LogP contribution in [0.5, 0.6) is 0 Å². The van der Waals surface area contributed by atoms with Gasteiger partial charge in [-0.1, -0.05) is 6.92 Å². The van der Waals surface area contributed by atoms with Gasteiger partial charge >= 0.3 is 6.18 Å². The number of nitrogens with one attached hydrogen (secondary N) is 1. The van der Waals surface area contributed by atoms with E-state index in [0.29, 0.717) is 6.42 Å². The van der Waals surface area contributed by atoms with Crippen LogP contribution in [0.2, 0.25) is 0 Å². The molecule has 0 aliphatic heterocycles. The molecule has 1 rings (SSSR count). The summed E-state index contributed by atoms with van der Waals surface area (Å²) in [7, 11) is 0. The van der Waals surface area contributed by atoms with Crippen molar-refractivity contribution >= 4 is 17.2 Å². The van der Waals surface area contributed by atoms with Gasteiger partial charge in [-0.15, -0.1) is 11.3 Å². The predicted octanol–water partition coefficient (Wildman–Crippen LogP) is 1.69. The Morgan fingerprint density at radius 1 is 1.65 bits per heavy atom. The highest BCUT2D eigenvalue weighted by Crippen LogP contribution is 2.32. The fraction of sp³-hybridized carbons (Fsp3) is 0.556.